The summed E-state index contributed by atoms with van der Waals surface area (Å²) in [6.45, 7) is 7.56. The van der Waals surface area contributed by atoms with Crippen LogP contribution in [-0.4, -0.2) is 6.54 Å². The molecule has 1 atom stereocenters. The zero-order chi connectivity index (χ0) is 13.8. The topological polar surface area (TPSA) is 25.2 Å². The van der Waals surface area contributed by atoms with Gasteiger partial charge in [0, 0.05) is 5.39 Å². The Labute approximate surface area is 120 Å². The van der Waals surface area contributed by atoms with Gasteiger partial charge in [0.1, 0.15) is 5.76 Å². The standard InChI is InChI=1S/C16H22ClNO/c1-4-18-14(9-8-11(2)3)15-10-12-6-5-7-13(17)16(12)19-15/h5-7,10-11,14,18H,4,8-9H2,1-3H3. The van der Waals surface area contributed by atoms with Gasteiger partial charge in [0.05, 0.1) is 11.1 Å². The Bertz CT molecular complexity index is 533. The van der Waals surface area contributed by atoms with Crippen molar-refractivity contribution in [3.63, 3.8) is 0 Å². The van der Waals surface area contributed by atoms with E-state index in [4.69, 9.17) is 16.0 Å². The summed E-state index contributed by atoms with van der Waals surface area (Å²) in [4.78, 5) is 0. The third kappa shape index (κ3) is 3.52. The molecule has 2 nitrogen and oxygen atoms in total. The molecule has 0 aliphatic carbocycles. The van der Waals surface area contributed by atoms with Crippen LogP contribution < -0.4 is 5.32 Å². The van der Waals surface area contributed by atoms with Gasteiger partial charge in [0.2, 0.25) is 0 Å². The fourth-order valence-corrected chi connectivity index (χ4v) is 2.53. The van der Waals surface area contributed by atoms with E-state index in [1.807, 2.05) is 18.2 Å². The smallest absolute Gasteiger partial charge is 0.152 e. The van der Waals surface area contributed by atoms with Crippen molar-refractivity contribution < 1.29 is 4.42 Å². The average Bonchev–Trinajstić information content (AvgIpc) is 2.79. The van der Waals surface area contributed by atoms with E-state index in [1.54, 1.807) is 0 Å². The summed E-state index contributed by atoms with van der Waals surface area (Å²) in [5.41, 5.74) is 0.798. The van der Waals surface area contributed by atoms with Crippen LogP contribution in [0.3, 0.4) is 0 Å². The molecule has 1 unspecified atom stereocenters. The van der Waals surface area contributed by atoms with E-state index >= 15 is 0 Å². The first-order valence-corrected chi connectivity index (χ1v) is 7.41. The van der Waals surface area contributed by atoms with E-state index in [-0.39, 0.29) is 6.04 Å². The number of furan rings is 1. The molecule has 0 spiro atoms. The summed E-state index contributed by atoms with van der Waals surface area (Å²) < 4.78 is 5.95. The largest absolute Gasteiger partial charge is 0.458 e. The number of halogens is 1. The Balaban J connectivity index is 2.25. The molecule has 19 heavy (non-hydrogen) atoms. The minimum absolute atomic E-state index is 0.274. The van der Waals surface area contributed by atoms with E-state index in [2.05, 4.69) is 32.2 Å². The van der Waals surface area contributed by atoms with Gasteiger partial charge in [-0.15, -0.1) is 0 Å². The predicted molar refractivity (Wildman–Crippen MR) is 81.7 cm³/mol. The molecule has 0 fully saturated rings. The van der Waals surface area contributed by atoms with Crippen molar-refractivity contribution in [2.45, 2.75) is 39.7 Å². The third-order valence-electron chi connectivity index (χ3n) is 3.34. The van der Waals surface area contributed by atoms with Crippen LogP contribution >= 0.6 is 11.6 Å². The van der Waals surface area contributed by atoms with Gasteiger partial charge in [-0.3, -0.25) is 0 Å². The summed E-state index contributed by atoms with van der Waals surface area (Å²) in [5.74, 6) is 1.69. The Morgan fingerprint density at radius 3 is 2.68 bits per heavy atom. The van der Waals surface area contributed by atoms with Gasteiger partial charge in [0.25, 0.3) is 0 Å². The average molecular weight is 280 g/mol. The lowest BCUT2D eigenvalue weighted by molar-refractivity contribution is 0.388. The number of benzene rings is 1. The van der Waals surface area contributed by atoms with Crippen molar-refractivity contribution in [3.8, 4) is 0 Å². The molecule has 2 aromatic rings. The van der Waals surface area contributed by atoms with Crippen LogP contribution in [0.1, 0.15) is 45.4 Å². The van der Waals surface area contributed by atoms with Crippen molar-refractivity contribution in [2.75, 3.05) is 6.54 Å². The molecular formula is C16H22ClNO. The predicted octanol–water partition coefficient (Wildman–Crippen LogP) is 5.17. The molecule has 0 aliphatic rings. The van der Waals surface area contributed by atoms with Crippen LogP contribution in [0.2, 0.25) is 5.02 Å². The quantitative estimate of drug-likeness (QED) is 0.789. The third-order valence-corrected chi connectivity index (χ3v) is 3.64. The molecule has 1 aromatic carbocycles. The highest BCUT2D eigenvalue weighted by Crippen LogP contribution is 2.31. The number of para-hydroxylation sites is 1. The van der Waals surface area contributed by atoms with Crippen LogP contribution in [0.5, 0.6) is 0 Å². The second kappa shape index (κ2) is 6.44. The summed E-state index contributed by atoms with van der Waals surface area (Å²) in [6, 6.07) is 8.25. The summed E-state index contributed by atoms with van der Waals surface area (Å²) in [7, 11) is 0. The molecule has 0 radical (unpaired) electrons. The highest BCUT2D eigenvalue weighted by atomic mass is 35.5. The first-order valence-electron chi connectivity index (χ1n) is 7.03. The number of hydrogen-bond acceptors (Lipinski definition) is 2. The van der Waals surface area contributed by atoms with Gasteiger partial charge in [0.15, 0.2) is 5.58 Å². The van der Waals surface area contributed by atoms with Crippen molar-refractivity contribution in [3.05, 3.63) is 35.0 Å². The zero-order valence-corrected chi connectivity index (χ0v) is 12.6. The van der Waals surface area contributed by atoms with Gasteiger partial charge in [-0.25, -0.2) is 0 Å². The summed E-state index contributed by atoms with van der Waals surface area (Å²) in [5, 5.41) is 5.26. The fourth-order valence-electron chi connectivity index (χ4n) is 2.31. The fraction of sp³-hybridized carbons (Fsp3) is 0.500. The van der Waals surface area contributed by atoms with Crippen LogP contribution in [0.25, 0.3) is 11.0 Å². The van der Waals surface area contributed by atoms with E-state index in [9.17, 15) is 0 Å². The second-order valence-corrected chi connectivity index (χ2v) is 5.80. The molecule has 0 aliphatic heterocycles. The molecular weight excluding hydrogens is 258 g/mol. The van der Waals surface area contributed by atoms with Gasteiger partial charge in [-0.1, -0.05) is 44.5 Å². The summed E-state index contributed by atoms with van der Waals surface area (Å²) >= 11 is 6.17. The van der Waals surface area contributed by atoms with E-state index in [1.165, 1.54) is 6.42 Å². The minimum Gasteiger partial charge on any atom is -0.458 e. The number of rotatable bonds is 6. The molecule has 1 aromatic heterocycles. The van der Waals surface area contributed by atoms with Gasteiger partial charge < -0.3 is 9.73 Å². The maximum atomic E-state index is 6.17. The molecule has 0 saturated carbocycles. The van der Waals surface area contributed by atoms with E-state index in [0.29, 0.717) is 10.9 Å². The SMILES string of the molecule is CCNC(CCC(C)C)c1cc2cccc(Cl)c2o1. The number of hydrogen-bond donors (Lipinski definition) is 1. The van der Waals surface area contributed by atoms with Crippen LogP contribution in [0, 0.1) is 5.92 Å². The van der Waals surface area contributed by atoms with Crippen LogP contribution in [0.15, 0.2) is 28.7 Å². The van der Waals surface area contributed by atoms with Gasteiger partial charge in [-0.05, 0) is 37.4 Å². The maximum absolute atomic E-state index is 6.17. The first-order chi connectivity index (χ1) is 9.11. The molecule has 1 N–H and O–H groups in total. The Morgan fingerprint density at radius 1 is 1.26 bits per heavy atom. The van der Waals surface area contributed by atoms with Gasteiger partial charge >= 0.3 is 0 Å². The molecule has 104 valence electrons. The Morgan fingerprint density at radius 2 is 2.05 bits per heavy atom. The van der Waals surface area contributed by atoms with Crippen LogP contribution in [-0.2, 0) is 0 Å². The molecule has 2 rings (SSSR count). The van der Waals surface area contributed by atoms with Crippen molar-refractivity contribution in [1.29, 1.82) is 0 Å². The normalized spacial score (nSPS) is 13.3. The monoisotopic (exact) mass is 279 g/mol. The van der Waals surface area contributed by atoms with Gasteiger partial charge in [-0.2, -0.15) is 0 Å². The van der Waals surface area contributed by atoms with Crippen molar-refractivity contribution in [1.82, 2.24) is 5.32 Å². The number of nitrogens with one attached hydrogen (secondary N) is 1. The second-order valence-electron chi connectivity index (χ2n) is 5.39. The Hall–Kier alpha value is -0.990. The summed E-state index contributed by atoms with van der Waals surface area (Å²) in [6.07, 6.45) is 2.27. The molecule has 0 saturated heterocycles. The minimum atomic E-state index is 0.274. The van der Waals surface area contributed by atoms with Crippen molar-refractivity contribution in [2.24, 2.45) is 5.92 Å². The lowest BCUT2D eigenvalue weighted by Gasteiger charge is -2.16. The highest BCUT2D eigenvalue weighted by Gasteiger charge is 2.16. The van der Waals surface area contributed by atoms with E-state index in [0.717, 1.165) is 29.7 Å². The molecule has 3 heteroatoms. The van der Waals surface area contributed by atoms with Crippen LogP contribution in [0.4, 0.5) is 0 Å². The molecule has 0 bridgehead atoms. The lowest BCUT2D eigenvalue weighted by Crippen LogP contribution is -2.20. The Kier molecular flexibility index (Phi) is 4.89. The number of fused-ring (bicyclic) bond motifs is 1. The van der Waals surface area contributed by atoms with Crippen molar-refractivity contribution >= 4 is 22.6 Å². The first kappa shape index (κ1) is 14.4. The zero-order valence-electron chi connectivity index (χ0n) is 11.9. The molecule has 1 heterocycles. The maximum Gasteiger partial charge on any atom is 0.152 e. The lowest BCUT2D eigenvalue weighted by atomic mass is 10.0. The van der Waals surface area contributed by atoms with E-state index < -0.39 is 0 Å². The molecule has 0 amide bonds. The highest BCUT2D eigenvalue weighted by molar-refractivity contribution is 6.34.